The number of nitrogens with one attached hydrogen (secondary N) is 1. The highest BCUT2D eigenvalue weighted by Crippen LogP contribution is 2.37. The van der Waals surface area contributed by atoms with Crippen molar-refractivity contribution < 1.29 is 14.4 Å². The maximum atomic E-state index is 14.2. The Kier molecular flexibility index (Phi) is 6.64. The van der Waals surface area contributed by atoms with E-state index in [-0.39, 0.29) is 34.4 Å². The lowest BCUT2D eigenvalue weighted by Gasteiger charge is -2.31. The molecule has 0 saturated carbocycles. The van der Waals surface area contributed by atoms with E-state index in [9.17, 15) is 14.4 Å². The van der Waals surface area contributed by atoms with Gasteiger partial charge in [0.25, 0.3) is 17.7 Å². The predicted molar refractivity (Wildman–Crippen MR) is 135 cm³/mol. The SMILES string of the molecule is CC(C)c1cccc(C(C)C)c1N(CCc1ccccc1)C(=O)c1cccc2c1C(=O)NC2=O. The number of benzene rings is 3. The molecule has 0 spiro atoms. The van der Waals surface area contributed by atoms with Crippen molar-refractivity contribution >= 4 is 23.4 Å². The standard InChI is InChI=1S/C29H30N2O3/c1-18(2)21-12-8-13-22(19(3)4)26(21)31(17-16-20-10-6-5-7-11-20)29(34)24-15-9-14-23-25(24)28(33)30-27(23)32/h5-15,18-19H,16-17H2,1-4H3,(H,30,32,33). The van der Waals surface area contributed by atoms with Crippen molar-refractivity contribution in [2.75, 3.05) is 11.4 Å². The summed E-state index contributed by atoms with van der Waals surface area (Å²) in [5.41, 5.74) is 4.86. The Morgan fingerprint density at radius 1 is 0.794 bits per heavy atom. The number of hydrogen-bond donors (Lipinski definition) is 1. The third kappa shape index (κ3) is 4.38. The van der Waals surface area contributed by atoms with Crippen molar-refractivity contribution in [1.29, 1.82) is 0 Å². The molecule has 1 N–H and O–H groups in total. The molecule has 34 heavy (non-hydrogen) atoms. The average Bonchev–Trinajstić information content (AvgIpc) is 3.13. The van der Waals surface area contributed by atoms with Crippen LogP contribution in [0.5, 0.6) is 0 Å². The quantitative estimate of drug-likeness (QED) is 0.465. The summed E-state index contributed by atoms with van der Waals surface area (Å²) in [6, 6.07) is 21.1. The Labute approximate surface area is 200 Å². The first-order valence-electron chi connectivity index (χ1n) is 11.8. The number of anilines is 1. The summed E-state index contributed by atoms with van der Waals surface area (Å²) < 4.78 is 0. The van der Waals surface area contributed by atoms with Crippen molar-refractivity contribution in [2.45, 2.75) is 46.0 Å². The van der Waals surface area contributed by atoms with Crippen LogP contribution in [0.15, 0.2) is 66.7 Å². The van der Waals surface area contributed by atoms with Crippen LogP contribution < -0.4 is 10.2 Å². The minimum absolute atomic E-state index is 0.162. The highest BCUT2D eigenvalue weighted by atomic mass is 16.2. The van der Waals surface area contributed by atoms with Crippen LogP contribution in [-0.4, -0.2) is 24.3 Å². The second-order valence-electron chi connectivity index (χ2n) is 9.30. The number of imide groups is 1. The van der Waals surface area contributed by atoms with E-state index in [0.717, 1.165) is 22.4 Å². The number of para-hydroxylation sites is 1. The first-order chi connectivity index (χ1) is 16.3. The zero-order valence-electron chi connectivity index (χ0n) is 20.1. The van der Waals surface area contributed by atoms with Gasteiger partial charge in [0.15, 0.2) is 0 Å². The van der Waals surface area contributed by atoms with Crippen molar-refractivity contribution in [3.05, 3.63) is 100 Å². The van der Waals surface area contributed by atoms with Crippen molar-refractivity contribution in [3.63, 3.8) is 0 Å². The molecule has 0 bridgehead atoms. The van der Waals surface area contributed by atoms with E-state index in [2.05, 4.69) is 45.1 Å². The van der Waals surface area contributed by atoms with Gasteiger partial charge in [-0.25, -0.2) is 0 Å². The van der Waals surface area contributed by atoms with Crippen molar-refractivity contribution in [3.8, 4) is 0 Å². The van der Waals surface area contributed by atoms with E-state index >= 15 is 0 Å². The van der Waals surface area contributed by atoms with Gasteiger partial charge in [0.1, 0.15) is 0 Å². The highest BCUT2D eigenvalue weighted by Gasteiger charge is 2.34. The highest BCUT2D eigenvalue weighted by molar-refractivity contribution is 6.26. The Bertz CT molecular complexity index is 1220. The normalized spacial score (nSPS) is 12.8. The molecule has 3 amide bonds. The van der Waals surface area contributed by atoms with Crippen LogP contribution in [-0.2, 0) is 6.42 Å². The van der Waals surface area contributed by atoms with E-state index in [1.165, 1.54) is 0 Å². The molecule has 4 rings (SSSR count). The van der Waals surface area contributed by atoms with Crippen molar-refractivity contribution in [1.82, 2.24) is 5.32 Å². The van der Waals surface area contributed by atoms with Crippen LogP contribution in [0.3, 0.4) is 0 Å². The molecule has 3 aromatic rings. The molecular formula is C29H30N2O3. The van der Waals surface area contributed by atoms with Crippen LogP contribution in [0.1, 0.15) is 87.3 Å². The number of rotatable bonds is 7. The van der Waals surface area contributed by atoms with Gasteiger partial charge >= 0.3 is 0 Å². The number of hydrogen-bond acceptors (Lipinski definition) is 3. The number of carbonyl (C=O) groups is 3. The van der Waals surface area contributed by atoms with E-state index < -0.39 is 11.8 Å². The summed E-state index contributed by atoms with van der Waals surface area (Å²) in [5.74, 6) is -0.851. The average molecular weight is 455 g/mol. The molecule has 0 aromatic heterocycles. The molecule has 0 atom stereocenters. The molecule has 1 aliphatic heterocycles. The zero-order chi connectivity index (χ0) is 24.4. The fourth-order valence-corrected chi connectivity index (χ4v) is 4.57. The number of nitrogens with zero attached hydrogens (tertiary/aromatic N) is 1. The molecule has 0 fully saturated rings. The first kappa shape index (κ1) is 23.4. The largest absolute Gasteiger partial charge is 0.307 e. The zero-order valence-corrected chi connectivity index (χ0v) is 20.1. The second-order valence-corrected chi connectivity index (χ2v) is 9.30. The summed E-state index contributed by atoms with van der Waals surface area (Å²) >= 11 is 0. The van der Waals surface area contributed by atoms with Gasteiger partial charge in [-0.15, -0.1) is 0 Å². The van der Waals surface area contributed by atoms with Gasteiger partial charge in [0, 0.05) is 6.54 Å². The molecule has 0 unspecified atom stereocenters. The maximum Gasteiger partial charge on any atom is 0.259 e. The van der Waals surface area contributed by atoms with Crippen LogP contribution in [0.2, 0.25) is 0 Å². The molecular weight excluding hydrogens is 424 g/mol. The van der Waals surface area contributed by atoms with E-state index in [4.69, 9.17) is 0 Å². The molecule has 0 radical (unpaired) electrons. The number of carbonyl (C=O) groups excluding carboxylic acids is 3. The van der Waals surface area contributed by atoms with Crippen LogP contribution in [0.25, 0.3) is 0 Å². The summed E-state index contributed by atoms with van der Waals surface area (Å²) in [4.78, 5) is 40.8. The molecule has 5 nitrogen and oxygen atoms in total. The molecule has 0 aliphatic carbocycles. The summed E-state index contributed by atoms with van der Waals surface area (Å²) in [5, 5.41) is 2.32. The van der Waals surface area contributed by atoms with Crippen LogP contribution in [0, 0.1) is 0 Å². The first-order valence-corrected chi connectivity index (χ1v) is 11.8. The lowest BCUT2D eigenvalue weighted by Crippen LogP contribution is -2.36. The fraction of sp³-hybridized carbons (Fsp3) is 0.276. The molecule has 3 aromatic carbocycles. The van der Waals surface area contributed by atoms with Gasteiger partial charge in [-0.1, -0.05) is 82.3 Å². The molecule has 0 saturated heterocycles. The van der Waals surface area contributed by atoms with Gasteiger partial charge in [-0.2, -0.15) is 0 Å². The minimum Gasteiger partial charge on any atom is -0.307 e. The Morgan fingerprint density at radius 2 is 1.41 bits per heavy atom. The van der Waals surface area contributed by atoms with Gasteiger partial charge < -0.3 is 4.90 Å². The fourth-order valence-electron chi connectivity index (χ4n) is 4.57. The van der Waals surface area contributed by atoms with Crippen LogP contribution in [0.4, 0.5) is 5.69 Å². The monoisotopic (exact) mass is 454 g/mol. The third-order valence-electron chi connectivity index (χ3n) is 6.32. The minimum atomic E-state index is -0.520. The summed E-state index contributed by atoms with van der Waals surface area (Å²) in [6.07, 6.45) is 0.663. The lowest BCUT2D eigenvalue weighted by atomic mass is 9.91. The van der Waals surface area contributed by atoms with Gasteiger partial charge in [0.05, 0.1) is 22.4 Å². The predicted octanol–water partition coefficient (Wildman–Crippen LogP) is 5.71. The number of amides is 3. The molecule has 5 heteroatoms. The summed E-state index contributed by atoms with van der Waals surface area (Å²) in [7, 11) is 0. The molecule has 1 heterocycles. The topological polar surface area (TPSA) is 66.5 Å². The third-order valence-corrected chi connectivity index (χ3v) is 6.32. The molecule has 1 aliphatic rings. The summed E-state index contributed by atoms with van der Waals surface area (Å²) in [6.45, 7) is 8.93. The smallest absolute Gasteiger partial charge is 0.259 e. The van der Waals surface area contributed by atoms with Crippen LogP contribution >= 0.6 is 0 Å². The maximum absolute atomic E-state index is 14.2. The van der Waals surface area contributed by atoms with Gasteiger partial charge in [-0.05, 0) is 47.1 Å². The van der Waals surface area contributed by atoms with E-state index in [1.54, 1.807) is 18.2 Å². The second kappa shape index (κ2) is 9.64. The Balaban J connectivity index is 1.87. The lowest BCUT2D eigenvalue weighted by molar-refractivity contribution is 0.0874. The number of fused-ring (bicyclic) bond motifs is 1. The van der Waals surface area contributed by atoms with Crippen molar-refractivity contribution in [2.24, 2.45) is 0 Å². The molecule has 174 valence electrons. The van der Waals surface area contributed by atoms with Gasteiger partial charge in [-0.3, -0.25) is 19.7 Å². The Hall–Kier alpha value is -3.73. The van der Waals surface area contributed by atoms with E-state index in [1.807, 2.05) is 41.3 Å². The van der Waals surface area contributed by atoms with E-state index in [0.29, 0.717) is 13.0 Å². The van der Waals surface area contributed by atoms with Gasteiger partial charge in [0.2, 0.25) is 0 Å². The Morgan fingerprint density at radius 3 is 2.03 bits per heavy atom.